The van der Waals surface area contributed by atoms with Crippen molar-refractivity contribution in [3.63, 3.8) is 0 Å². The summed E-state index contributed by atoms with van der Waals surface area (Å²) in [5.41, 5.74) is 2.88. The van der Waals surface area contributed by atoms with Crippen LogP contribution >= 0.6 is 0 Å². The summed E-state index contributed by atoms with van der Waals surface area (Å²) in [7, 11) is 1.79. The molecular weight excluding hydrogens is 340 g/mol. The Labute approximate surface area is 159 Å². The minimum atomic E-state index is -0.138. The molecule has 3 heterocycles. The molecule has 1 aromatic carbocycles. The molecule has 140 valence electrons. The topological polar surface area (TPSA) is 54.5 Å². The molecule has 0 saturated heterocycles. The first-order chi connectivity index (χ1) is 13.1. The van der Waals surface area contributed by atoms with E-state index in [1.165, 1.54) is 5.56 Å². The predicted octanol–water partition coefficient (Wildman–Crippen LogP) is 3.33. The van der Waals surface area contributed by atoms with Crippen LogP contribution in [-0.4, -0.2) is 39.1 Å². The molecule has 0 bridgehead atoms. The monoisotopic (exact) mass is 364 g/mol. The van der Waals surface area contributed by atoms with E-state index in [1.807, 2.05) is 35.9 Å². The van der Waals surface area contributed by atoms with Crippen molar-refractivity contribution in [2.75, 3.05) is 13.6 Å². The summed E-state index contributed by atoms with van der Waals surface area (Å²) in [5.74, 6) is 0.680. The molecule has 0 saturated carbocycles. The number of hydrogen-bond donors (Lipinski definition) is 0. The lowest BCUT2D eigenvalue weighted by atomic mass is 10.2. The van der Waals surface area contributed by atoms with Crippen LogP contribution in [0.25, 0.3) is 0 Å². The minimum absolute atomic E-state index is 0.0876. The molecule has 0 fully saturated rings. The third kappa shape index (κ3) is 3.66. The number of rotatable bonds is 5. The smallest absolute Gasteiger partial charge is 0.274 e. The zero-order valence-corrected chi connectivity index (χ0v) is 15.7. The maximum absolute atomic E-state index is 12.9. The number of hydrogen-bond acceptors (Lipinski definition) is 4. The molecule has 1 aliphatic rings. The predicted molar refractivity (Wildman–Crippen MR) is 102 cm³/mol. The molecule has 6 nitrogen and oxygen atoms in total. The molecule has 1 amide bonds. The highest BCUT2D eigenvalue weighted by Gasteiger charge is 2.26. The van der Waals surface area contributed by atoms with Crippen LogP contribution in [0.3, 0.4) is 0 Å². The van der Waals surface area contributed by atoms with E-state index in [1.54, 1.807) is 18.2 Å². The summed E-state index contributed by atoms with van der Waals surface area (Å²) < 4.78 is 7.39. The first kappa shape index (κ1) is 17.5. The first-order valence-electron chi connectivity index (χ1n) is 9.25. The molecular formula is C21H24N4O2. The number of fused-ring (bicyclic) bond motifs is 1. The summed E-state index contributed by atoms with van der Waals surface area (Å²) >= 11 is 0. The number of furan rings is 1. The van der Waals surface area contributed by atoms with Crippen molar-refractivity contribution in [2.45, 2.75) is 32.6 Å². The molecule has 1 atom stereocenters. The van der Waals surface area contributed by atoms with E-state index < -0.39 is 0 Å². The van der Waals surface area contributed by atoms with Gasteiger partial charge < -0.3 is 9.32 Å². The van der Waals surface area contributed by atoms with E-state index in [4.69, 9.17) is 4.42 Å². The molecule has 2 aromatic heterocycles. The second-order valence-corrected chi connectivity index (χ2v) is 7.05. The lowest BCUT2D eigenvalue weighted by molar-refractivity contribution is 0.0719. The fraction of sp³-hybridized carbons (Fsp3) is 0.333. The Morgan fingerprint density at radius 1 is 1.22 bits per heavy atom. The molecule has 0 spiro atoms. The van der Waals surface area contributed by atoms with Gasteiger partial charge in [-0.15, -0.1) is 0 Å². The number of nitrogens with zero attached hydrogens (tertiary/aromatic N) is 4. The molecule has 6 heteroatoms. The second-order valence-electron chi connectivity index (χ2n) is 7.05. The number of aromatic nitrogens is 2. The quantitative estimate of drug-likeness (QED) is 0.697. The van der Waals surface area contributed by atoms with Crippen molar-refractivity contribution in [1.82, 2.24) is 19.6 Å². The lowest BCUT2D eigenvalue weighted by Gasteiger charge is -2.27. The Balaban J connectivity index is 1.45. The first-order valence-corrected chi connectivity index (χ1v) is 9.25. The van der Waals surface area contributed by atoms with E-state index in [0.717, 1.165) is 37.6 Å². The van der Waals surface area contributed by atoms with Gasteiger partial charge in [0.15, 0.2) is 5.69 Å². The van der Waals surface area contributed by atoms with Gasteiger partial charge in [0.05, 0.1) is 24.5 Å². The van der Waals surface area contributed by atoms with E-state index in [9.17, 15) is 4.79 Å². The maximum atomic E-state index is 12.9. The van der Waals surface area contributed by atoms with Crippen LogP contribution in [0.1, 0.15) is 40.5 Å². The van der Waals surface area contributed by atoms with Gasteiger partial charge in [-0.2, -0.15) is 5.10 Å². The van der Waals surface area contributed by atoms with Gasteiger partial charge in [-0.25, -0.2) is 0 Å². The van der Waals surface area contributed by atoms with Crippen LogP contribution in [0, 0.1) is 0 Å². The van der Waals surface area contributed by atoms with Crippen molar-refractivity contribution in [2.24, 2.45) is 0 Å². The third-order valence-corrected chi connectivity index (χ3v) is 5.20. The normalized spacial score (nSPS) is 15.3. The van der Waals surface area contributed by atoms with Crippen LogP contribution in [0.4, 0.5) is 0 Å². The van der Waals surface area contributed by atoms with Gasteiger partial charge in [0.2, 0.25) is 0 Å². The summed E-state index contributed by atoms with van der Waals surface area (Å²) in [6.45, 7) is 5.38. The van der Waals surface area contributed by atoms with Crippen LogP contribution < -0.4 is 0 Å². The summed E-state index contributed by atoms with van der Waals surface area (Å²) in [6.07, 6.45) is 1.63. The van der Waals surface area contributed by atoms with Crippen molar-refractivity contribution in [1.29, 1.82) is 0 Å². The molecule has 0 N–H and O–H groups in total. The van der Waals surface area contributed by atoms with Gasteiger partial charge in [0.25, 0.3) is 5.91 Å². The van der Waals surface area contributed by atoms with Crippen LogP contribution in [-0.2, 0) is 19.6 Å². The average Bonchev–Trinajstić information content (AvgIpc) is 3.36. The number of amides is 1. The van der Waals surface area contributed by atoms with Gasteiger partial charge in [-0.1, -0.05) is 30.3 Å². The molecule has 1 unspecified atom stereocenters. The standard InChI is InChI=1S/C21H24N4O2/c1-16(20-9-6-12-27-20)23(2)21(26)19-13-18-15-24(10-11-25(18)22-19)14-17-7-4-3-5-8-17/h3-9,12-13,16H,10-11,14-15H2,1-2H3. The Morgan fingerprint density at radius 3 is 2.78 bits per heavy atom. The van der Waals surface area contributed by atoms with Gasteiger partial charge in [-0.3, -0.25) is 14.4 Å². The van der Waals surface area contributed by atoms with Gasteiger partial charge in [0.1, 0.15) is 5.76 Å². The van der Waals surface area contributed by atoms with E-state index in [-0.39, 0.29) is 11.9 Å². The highest BCUT2D eigenvalue weighted by Crippen LogP contribution is 2.22. The molecule has 4 rings (SSSR count). The van der Waals surface area contributed by atoms with Gasteiger partial charge in [-0.05, 0) is 30.7 Å². The van der Waals surface area contributed by atoms with Gasteiger partial charge in [0, 0.05) is 26.7 Å². The van der Waals surface area contributed by atoms with Crippen LogP contribution in [0.2, 0.25) is 0 Å². The maximum Gasteiger partial charge on any atom is 0.274 e. The highest BCUT2D eigenvalue weighted by molar-refractivity contribution is 5.92. The Morgan fingerprint density at radius 2 is 2.04 bits per heavy atom. The van der Waals surface area contributed by atoms with E-state index >= 15 is 0 Å². The number of carbonyl (C=O) groups is 1. The third-order valence-electron chi connectivity index (χ3n) is 5.20. The minimum Gasteiger partial charge on any atom is -0.467 e. The van der Waals surface area contributed by atoms with Crippen LogP contribution in [0.5, 0.6) is 0 Å². The largest absolute Gasteiger partial charge is 0.467 e. The fourth-order valence-electron chi connectivity index (χ4n) is 3.48. The highest BCUT2D eigenvalue weighted by atomic mass is 16.3. The van der Waals surface area contributed by atoms with Crippen LogP contribution in [0.15, 0.2) is 59.2 Å². The molecule has 3 aromatic rings. The summed E-state index contributed by atoms with van der Waals surface area (Å²) in [5, 5.41) is 4.55. The van der Waals surface area contributed by atoms with Crippen molar-refractivity contribution in [3.05, 3.63) is 77.5 Å². The second kappa shape index (κ2) is 7.40. The Hall–Kier alpha value is -2.86. The zero-order chi connectivity index (χ0) is 18.8. The van der Waals surface area contributed by atoms with Crippen molar-refractivity contribution in [3.8, 4) is 0 Å². The molecule has 0 aliphatic carbocycles. The molecule has 1 aliphatic heterocycles. The van der Waals surface area contributed by atoms with E-state index in [2.05, 4.69) is 34.3 Å². The van der Waals surface area contributed by atoms with E-state index in [0.29, 0.717) is 5.69 Å². The Kier molecular flexibility index (Phi) is 4.81. The Bertz CT molecular complexity index is 902. The molecule has 27 heavy (non-hydrogen) atoms. The average molecular weight is 364 g/mol. The molecule has 0 radical (unpaired) electrons. The van der Waals surface area contributed by atoms with Crippen molar-refractivity contribution >= 4 is 5.91 Å². The number of benzene rings is 1. The van der Waals surface area contributed by atoms with Crippen molar-refractivity contribution < 1.29 is 9.21 Å². The lowest BCUT2D eigenvalue weighted by Crippen LogP contribution is -2.33. The summed E-state index contributed by atoms with van der Waals surface area (Å²) in [4.78, 5) is 16.9. The van der Waals surface area contributed by atoms with Gasteiger partial charge >= 0.3 is 0 Å². The number of carbonyl (C=O) groups excluding carboxylic acids is 1. The SMILES string of the molecule is CC(c1ccco1)N(C)C(=O)c1cc2n(n1)CCN(Cc1ccccc1)C2. The zero-order valence-electron chi connectivity index (χ0n) is 15.7. The summed E-state index contributed by atoms with van der Waals surface area (Å²) in [6, 6.07) is 16.0. The fourth-order valence-corrected chi connectivity index (χ4v) is 3.48.